The summed E-state index contributed by atoms with van der Waals surface area (Å²) in [5, 5.41) is 0. The number of Topliss-reactive ketones (excluding diaryl/α,β-unsaturated/α-hetero) is 1. The number of ketones is 1. The number of hydrogen-bond donors (Lipinski definition) is 0. The monoisotopic (exact) mass is 271 g/mol. The molecule has 1 aliphatic rings. The highest BCUT2D eigenvalue weighted by Gasteiger charge is 2.45. The van der Waals surface area contributed by atoms with Crippen molar-refractivity contribution in [2.75, 3.05) is 12.4 Å². The van der Waals surface area contributed by atoms with E-state index in [1.807, 2.05) is 0 Å². The van der Waals surface area contributed by atoms with Crippen LogP contribution in [0.5, 0.6) is 0 Å². The van der Waals surface area contributed by atoms with Gasteiger partial charge in [0.15, 0.2) is 5.78 Å². The zero-order valence-corrected chi connectivity index (χ0v) is 9.85. The van der Waals surface area contributed by atoms with Gasteiger partial charge < -0.3 is 4.90 Å². The maximum Gasteiger partial charge on any atom is 0.471 e. The molecule has 1 heterocycles. The van der Waals surface area contributed by atoms with E-state index < -0.39 is 23.9 Å². The summed E-state index contributed by atoms with van der Waals surface area (Å²) < 4.78 is 37.1. The molecule has 7 heteroatoms. The lowest BCUT2D eigenvalue weighted by Gasteiger charge is -2.29. The third-order valence-electron chi connectivity index (χ3n) is 2.76. The molecule has 0 aromatic carbocycles. The first-order chi connectivity index (χ1) is 7.88. The van der Waals surface area contributed by atoms with Gasteiger partial charge >= 0.3 is 12.1 Å². The standard InChI is InChI=1S/C10H13ClF3NO2/c11-6-8(16)7-4-2-1-3-5-15(7)9(17)10(12,13)14/h7H,1-6H2. The fraction of sp³-hybridized carbons (Fsp3) is 0.800. The van der Waals surface area contributed by atoms with E-state index >= 15 is 0 Å². The highest BCUT2D eigenvalue weighted by Crippen LogP contribution is 2.25. The van der Waals surface area contributed by atoms with Crippen LogP contribution in [-0.4, -0.2) is 41.2 Å². The summed E-state index contributed by atoms with van der Waals surface area (Å²) in [6, 6.07) is -1.02. The van der Waals surface area contributed by atoms with Crippen LogP contribution < -0.4 is 0 Å². The Labute approximate surface area is 102 Å². The first kappa shape index (κ1) is 14.3. The van der Waals surface area contributed by atoms with E-state index in [9.17, 15) is 22.8 Å². The zero-order valence-electron chi connectivity index (χ0n) is 9.10. The highest BCUT2D eigenvalue weighted by molar-refractivity contribution is 6.28. The maximum atomic E-state index is 12.4. The molecule has 1 fully saturated rings. The molecule has 1 saturated heterocycles. The molecule has 1 rings (SSSR count). The molecule has 0 spiro atoms. The van der Waals surface area contributed by atoms with Crippen molar-refractivity contribution in [1.82, 2.24) is 4.90 Å². The number of likely N-dealkylation sites (tertiary alicyclic amines) is 1. The average molecular weight is 272 g/mol. The van der Waals surface area contributed by atoms with E-state index in [1.165, 1.54) is 0 Å². The lowest BCUT2D eigenvalue weighted by Crippen LogP contribution is -2.50. The second-order valence-corrected chi connectivity index (χ2v) is 4.23. The van der Waals surface area contributed by atoms with Crippen LogP contribution in [0.1, 0.15) is 25.7 Å². The van der Waals surface area contributed by atoms with Crippen molar-refractivity contribution in [2.45, 2.75) is 37.9 Å². The number of nitrogens with zero attached hydrogens (tertiary/aromatic N) is 1. The van der Waals surface area contributed by atoms with Gasteiger partial charge in [-0.2, -0.15) is 13.2 Å². The molecule has 1 atom stereocenters. The van der Waals surface area contributed by atoms with Crippen molar-refractivity contribution in [1.29, 1.82) is 0 Å². The molecule has 1 aliphatic heterocycles. The van der Waals surface area contributed by atoms with Crippen molar-refractivity contribution in [3.63, 3.8) is 0 Å². The van der Waals surface area contributed by atoms with Gasteiger partial charge in [-0.25, -0.2) is 0 Å². The highest BCUT2D eigenvalue weighted by atomic mass is 35.5. The maximum absolute atomic E-state index is 12.4. The van der Waals surface area contributed by atoms with Gasteiger partial charge in [-0.05, 0) is 12.8 Å². The first-order valence-electron chi connectivity index (χ1n) is 5.34. The van der Waals surface area contributed by atoms with Crippen LogP contribution in [-0.2, 0) is 9.59 Å². The molecule has 98 valence electrons. The minimum absolute atomic E-state index is 0.0361. The Morgan fingerprint density at radius 3 is 2.41 bits per heavy atom. The van der Waals surface area contributed by atoms with Gasteiger partial charge in [-0.3, -0.25) is 9.59 Å². The predicted molar refractivity (Wildman–Crippen MR) is 55.8 cm³/mol. The lowest BCUT2D eigenvalue weighted by atomic mass is 10.1. The summed E-state index contributed by atoms with van der Waals surface area (Å²) in [7, 11) is 0. The summed E-state index contributed by atoms with van der Waals surface area (Å²) in [4.78, 5) is 23.3. The summed E-state index contributed by atoms with van der Waals surface area (Å²) in [6.07, 6.45) is -2.85. The molecule has 17 heavy (non-hydrogen) atoms. The van der Waals surface area contributed by atoms with Gasteiger partial charge in [0, 0.05) is 6.54 Å². The minimum Gasteiger partial charge on any atom is -0.325 e. The Kier molecular flexibility index (Phi) is 4.80. The molecule has 0 N–H and O–H groups in total. The van der Waals surface area contributed by atoms with Gasteiger partial charge in [0.1, 0.15) is 0 Å². The van der Waals surface area contributed by atoms with Crippen molar-refractivity contribution >= 4 is 23.3 Å². The molecule has 3 nitrogen and oxygen atoms in total. The molecule has 0 bridgehead atoms. The van der Waals surface area contributed by atoms with Gasteiger partial charge in [0.25, 0.3) is 0 Å². The second-order valence-electron chi connectivity index (χ2n) is 3.96. The summed E-state index contributed by atoms with van der Waals surface area (Å²) in [5.41, 5.74) is 0. The largest absolute Gasteiger partial charge is 0.471 e. The van der Waals surface area contributed by atoms with Crippen LogP contribution >= 0.6 is 11.6 Å². The molecule has 1 unspecified atom stereocenters. The molecule has 0 aromatic heterocycles. The van der Waals surface area contributed by atoms with Crippen molar-refractivity contribution in [3.8, 4) is 0 Å². The Balaban J connectivity index is 2.89. The number of alkyl halides is 4. The fourth-order valence-corrected chi connectivity index (χ4v) is 2.12. The SMILES string of the molecule is O=C(CCl)C1CCCCCN1C(=O)C(F)(F)F. The smallest absolute Gasteiger partial charge is 0.325 e. The summed E-state index contributed by atoms with van der Waals surface area (Å²) >= 11 is 5.35. The molecule has 0 aliphatic carbocycles. The van der Waals surface area contributed by atoms with Gasteiger partial charge in [0.05, 0.1) is 11.9 Å². The predicted octanol–water partition coefficient (Wildman–Crippen LogP) is 2.13. The van der Waals surface area contributed by atoms with E-state index in [2.05, 4.69) is 0 Å². The molecule has 1 amide bonds. The van der Waals surface area contributed by atoms with Crippen LogP contribution in [0.25, 0.3) is 0 Å². The number of halogens is 4. The molecule has 0 saturated carbocycles. The topological polar surface area (TPSA) is 37.4 Å². The van der Waals surface area contributed by atoms with Crippen LogP contribution in [0.2, 0.25) is 0 Å². The number of rotatable bonds is 2. The normalized spacial score (nSPS) is 22.1. The third-order valence-corrected chi connectivity index (χ3v) is 3.02. The fourth-order valence-electron chi connectivity index (χ4n) is 1.94. The van der Waals surface area contributed by atoms with E-state index in [0.29, 0.717) is 24.2 Å². The Morgan fingerprint density at radius 2 is 1.88 bits per heavy atom. The van der Waals surface area contributed by atoms with Crippen LogP contribution in [0.4, 0.5) is 13.2 Å². The molecular formula is C10H13ClF3NO2. The van der Waals surface area contributed by atoms with E-state index in [1.54, 1.807) is 0 Å². The van der Waals surface area contributed by atoms with E-state index in [4.69, 9.17) is 11.6 Å². The molecule has 0 radical (unpaired) electrons. The summed E-state index contributed by atoms with van der Waals surface area (Å²) in [5.74, 6) is -2.83. The summed E-state index contributed by atoms with van der Waals surface area (Å²) in [6.45, 7) is -0.0361. The second kappa shape index (κ2) is 5.71. The first-order valence-corrected chi connectivity index (χ1v) is 5.88. The van der Waals surface area contributed by atoms with Crippen LogP contribution in [0, 0.1) is 0 Å². The van der Waals surface area contributed by atoms with Crippen molar-refractivity contribution in [3.05, 3.63) is 0 Å². The van der Waals surface area contributed by atoms with E-state index in [-0.39, 0.29) is 18.8 Å². The molecule has 0 aromatic rings. The quantitative estimate of drug-likeness (QED) is 0.722. The van der Waals surface area contributed by atoms with Crippen LogP contribution in [0.15, 0.2) is 0 Å². The van der Waals surface area contributed by atoms with Crippen molar-refractivity contribution in [2.24, 2.45) is 0 Å². The van der Waals surface area contributed by atoms with Crippen LogP contribution in [0.3, 0.4) is 0 Å². The van der Waals surface area contributed by atoms with Gasteiger partial charge in [-0.1, -0.05) is 12.8 Å². The Bertz CT molecular complexity index is 306. The number of carbonyl (C=O) groups is 2. The number of amides is 1. The number of carbonyl (C=O) groups excluding carboxylic acids is 2. The minimum atomic E-state index is -4.94. The van der Waals surface area contributed by atoms with Gasteiger partial charge in [0.2, 0.25) is 0 Å². The average Bonchev–Trinajstić information content (AvgIpc) is 2.50. The van der Waals surface area contributed by atoms with Crippen molar-refractivity contribution < 1.29 is 22.8 Å². The zero-order chi connectivity index (χ0) is 13.1. The third kappa shape index (κ3) is 3.59. The van der Waals surface area contributed by atoms with Gasteiger partial charge in [-0.15, -0.1) is 11.6 Å². The number of hydrogen-bond acceptors (Lipinski definition) is 2. The Morgan fingerprint density at radius 1 is 1.24 bits per heavy atom. The molecular weight excluding hydrogens is 259 g/mol. The Hall–Kier alpha value is -0.780. The van der Waals surface area contributed by atoms with E-state index in [0.717, 1.165) is 0 Å². The lowest BCUT2D eigenvalue weighted by molar-refractivity contribution is -0.188.